The lowest BCUT2D eigenvalue weighted by molar-refractivity contribution is 0.226. The highest BCUT2D eigenvalue weighted by atomic mass is 16.5. The number of aromatic nitrogens is 1. The summed E-state index contributed by atoms with van der Waals surface area (Å²) in [7, 11) is 1.74. The van der Waals surface area contributed by atoms with Crippen LogP contribution in [0.5, 0.6) is 5.75 Å². The SMILES string of the molecule is COc1cccc([C@@H]2[C@H](NCc3cccnc3C)CCN2C2CC2)c1. The molecule has 0 unspecified atom stereocenters. The third-order valence-electron chi connectivity index (χ3n) is 5.56. The first-order chi connectivity index (χ1) is 12.3. The summed E-state index contributed by atoms with van der Waals surface area (Å²) in [6, 6.07) is 14.4. The summed E-state index contributed by atoms with van der Waals surface area (Å²) < 4.78 is 5.46. The van der Waals surface area contributed by atoms with Crippen LogP contribution in [0.15, 0.2) is 42.6 Å². The molecule has 1 aliphatic heterocycles. The van der Waals surface area contributed by atoms with Crippen molar-refractivity contribution < 1.29 is 4.74 Å². The number of hydrogen-bond acceptors (Lipinski definition) is 4. The number of methoxy groups -OCH3 is 1. The van der Waals surface area contributed by atoms with Gasteiger partial charge < -0.3 is 10.1 Å². The Morgan fingerprint density at radius 1 is 1.20 bits per heavy atom. The number of hydrogen-bond donors (Lipinski definition) is 1. The van der Waals surface area contributed by atoms with Gasteiger partial charge >= 0.3 is 0 Å². The van der Waals surface area contributed by atoms with Crippen LogP contribution in [0, 0.1) is 6.92 Å². The predicted octanol–water partition coefficient (Wildman–Crippen LogP) is 3.47. The van der Waals surface area contributed by atoms with Crippen molar-refractivity contribution in [1.29, 1.82) is 0 Å². The molecule has 1 aromatic carbocycles. The van der Waals surface area contributed by atoms with Crippen LogP contribution < -0.4 is 10.1 Å². The molecule has 25 heavy (non-hydrogen) atoms. The van der Waals surface area contributed by atoms with Crippen LogP contribution in [-0.2, 0) is 6.54 Å². The van der Waals surface area contributed by atoms with Crippen LogP contribution in [0.1, 0.15) is 42.1 Å². The zero-order valence-corrected chi connectivity index (χ0v) is 15.1. The van der Waals surface area contributed by atoms with E-state index in [2.05, 4.69) is 46.4 Å². The van der Waals surface area contributed by atoms with Crippen molar-refractivity contribution in [1.82, 2.24) is 15.2 Å². The zero-order chi connectivity index (χ0) is 17.2. The van der Waals surface area contributed by atoms with Gasteiger partial charge in [0.05, 0.1) is 13.2 Å². The average molecular weight is 337 g/mol. The summed E-state index contributed by atoms with van der Waals surface area (Å²) >= 11 is 0. The lowest BCUT2D eigenvalue weighted by Gasteiger charge is -2.29. The molecular formula is C21H27N3O. The fourth-order valence-corrected chi connectivity index (χ4v) is 4.04. The van der Waals surface area contributed by atoms with Crippen LogP contribution in [0.4, 0.5) is 0 Å². The van der Waals surface area contributed by atoms with E-state index in [0.29, 0.717) is 12.1 Å². The molecule has 2 fully saturated rings. The van der Waals surface area contributed by atoms with E-state index in [1.807, 2.05) is 18.3 Å². The molecule has 1 N–H and O–H groups in total. The molecule has 2 atom stereocenters. The molecule has 0 bridgehead atoms. The van der Waals surface area contributed by atoms with Gasteiger partial charge in [-0.15, -0.1) is 0 Å². The standard InChI is InChI=1S/C21H27N3O/c1-15-17(6-4-11-22-15)14-23-20-10-12-24(18-8-9-18)21(20)16-5-3-7-19(13-16)25-2/h3-7,11,13,18,20-21,23H,8-10,12,14H2,1-2H3/t20-,21-/m1/s1. The van der Waals surface area contributed by atoms with Crippen molar-refractivity contribution in [3.8, 4) is 5.75 Å². The van der Waals surface area contributed by atoms with Gasteiger partial charge in [-0.25, -0.2) is 0 Å². The Kier molecular flexibility index (Phi) is 4.73. The molecule has 132 valence electrons. The number of ether oxygens (including phenoxy) is 1. The smallest absolute Gasteiger partial charge is 0.119 e. The highest BCUT2D eigenvalue weighted by molar-refractivity contribution is 5.32. The lowest BCUT2D eigenvalue weighted by Crippen LogP contribution is -2.36. The molecule has 1 aromatic heterocycles. The first-order valence-corrected chi connectivity index (χ1v) is 9.30. The Morgan fingerprint density at radius 2 is 2.08 bits per heavy atom. The second-order valence-electron chi connectivity index (χ2n) is 7.21. The van der Waals surface area contributed by atoms with Crippen LogP contribution in [0.25, 0.3) is 0 Å². The molecule has 2 aromatic rings. The molecule has 1 aliphatic carbocycles. The summed E-state index contributed by atoms with van der Waals surface area (Å²) in [6.45, 7) is 4.14. The highest BCUT2D eigenvalue weighted by Gasteiger charge is 2.42. The number of benzene rings is 1. The largest absolute Gasteiger partial charge is 0.497 e. The van der Waals surface area contributed by atoms with Gasteiger partial charge in [-0.05, 0) is 55.5 Å². The van der Waals surface area contributed by atoms with Crippen LogP contribution >= 0.6 is 0 Å². The number of aryl methyl sites for hydroxylation is 1. The summed E-state index contributed by atoms with van der Waals surface area (Å²) in [4.78, 5) is 7.11. The van der Waals surface area contributed by atoms with Gasteiger partial charge in [0.15, 0.2) is 0 Å². The highest BCUT2D eigenvalue weighted by Crippen LogP contribution is 2.41. The number of pyridine rings is 1. The summed E-state index contributed by atoms with van der Waals surface area (Å²) in [5.41, 5.74) is 3.77. The molecule has 1 saturated carbocycles. The predicted molar refractivity (Wildman–Crippen MR) is 99.7 cm³/mol. The molecule has 0 spiro atoms. The summed E-state index contributed by atoms with van der Waals surface area (Å²) in [5, 5.41) is 3.81. The van der Waals surface area contributed by atoms with E-state index in [-0.39, 0.29) is 0 Å². The van der Waals surface area contributed by atoms with E-state index in [9.17, 15) is 0 Å². The van der Waals surface area contributed by atoms with Crippen molar-refractivity contribution in [2.75, 3.05) is 13.7 Å². The van der Waals surface area contributed by atoms with Crippen LogP contribution in [0.2, 0.25) is 0 Å². The van der Waals surface area contributed by atoms with E-state index >= 15 is 0 Å². The Labute approximate surface area is 150 Å². The molecule has 4 heteroatoms. The average Bonchev–Trinajstić information content (AvgIpc) is 3.41. The maximum atomic E-state index is 5.46. The number of nitrogens with zero attached hydrogens (tertiary/aromatic N) is 2. The summed E-state index contributed by atoms with van der Waals surface area (Å²) in [5.74, 6) is 0.946. The number of likely N-dealkylation sites (tertiary alicyclic amines) is 1. The molecule has 1 saturated heterocycles. The van der Waals surface area contributed by atoms with Gasteiger partial charge in [0, 0.05) is 37.1 Å². The normalized spacial score (nSPS) is 23.8. The van der Waals surface area contributed by atoms with Gasteiger partial charge in [-0.3, -0.25) is 9.88 Å². The third kappa shape index (κ3) is 3.55. The lowest BCUT2D eigenvalue weighted by atomic mass is 9.99. The molecule has 0 radical (unpaired) electrons. The molecule has 0 amide bonds. The Morgan fingerprint density at radius 3 is 2.84 bits per heavy atom. The second-order valence-corrected chi connectivity index (χ2v) is 7.21. The van der Waals surface area contributed by atoms with E-state index in [1.165, 1.54) is 36.9 Å². The minimum absolute atomic E-state index is 0.430. The van der Waals surface area contributed by atoms with E-state index < -0.39 is 0 Å². The van der Waals surface area contributed by atoms with Crippen molar-refractivity contribution in [3.05, 3.63) is 59.4 Å². The van der Waals surface area contributed by atoms with Gasteiger partial charge in [-0.1, -0.05) is 18.2 Å². The molecular weight excluding hydrogens is 310 g/mol. The monoisotopic (exact) mass is 337 g/mol. The minimum Gasteiger partial charge on any atom is -0.497 e. The molecule has 4 nitrogen and oxygen atoms in total. The zero-order valence-electron chi connectivity index (χ0n) is 15.1. The summed E-state index contributed by atoms with van der Waals surface area (Å²) in [6.07, 6.45) is 5.74. The first kappa shape index (κ1) is 16.6. The van der Waals surface area contributed by atoms with Crippen LogP contribution in [-0.4, -0.2) is 35.6 Å². The second kappa shape index (κ2) is 7.14. The fraction of sp³-hybridized carbons (Fsp3) is 0.476. The van der Waals surface area contributed by atoms with Crippen molar-refractivity contribution in [2.24, 2.45) is 0 Å². The first-order valence-electron chi connectivity index (χ1n) is 9.30. The van der Waals surface area contributed by atoms with Crippen LogP contribution in [0.3, 0.4) is 0 Å². The Hall–Kier alpha value is -1.91. The van der Waals surface area contributed by atoms with E-state index in [4.69, 9.17) is 4.74 Å². The van der Waals surface area contributed by atoms with E-state index in [1.54, 1.807) is 7.11 Å². The van der Waals surface area contributed by atoms with Gasteiger partial charge in [-0.2, -0.15) is 0 Å². The third-order valence-corrected chi connectivity index (χ3v) is 5.56. The molecule has 2 aliphatic rings. The van der Waals surface area contributed by atoms with Crippen molar-refractivity contribution in [2.45, 2.75) is 50.9 Å². The molecule has 2 heterocycles. The Balaban J connectivity index is 1.54. The topological polar surface area (TPSA) is 37.4 Å². The van der Waals surface area contributed by atoms with Crippen molar-refractivity contribution in [3.63, 3.8) is 0 Å². The maximum absolute atomic E-state index is 5.46. The molecule has 4 rings (SSSR count). The van der Waals surface area contributed by atoms with Gasteiger partial charge in [0.1, 0.15) is 5.75 Å². The number of nitrogens with one attached hydrogen (secondary N) is 1. The van der Waals surface area contributed by atoms with Gasteiger partial charge in [0.25, 0.3) is 0 Å². The minimum atomic E-state index is 0.430. The maximum Gasteiger partial charge on any atom is 0.119 e. The van der Waals surface area contributed by atoms with Gasteiger partial charge in [0.2, 0.25) is 0 Å². The van der Waals surface area contributed by atoms with Crippen molar-refractivity contribution >= 4 is 0 Å². The fourth-order valence-electron chi connectivity index (χ4n) is 4.04. The Bertz CT molecular complexity index is 729. The number of rotatable bonds is 6. The van der Waals surface area contributed by atoms with E-state index in [0.717, 1.165) is 24.0 Å². The quantitative estimate of drug-likeness (QED) is 0.876.